The molecular weight excluding hydrogens is 260 g/mol. The number of aromatic nitrogens is 2. The van der Waals surface area contributed by atoms with Crippen LogP contribution in [-0.2, 0) is 0 Å². The van der Waals surface area contributed by atoms with Gasteiger partial charge < -0.3 is 10.2 Å². The summed E-state index contributed by atoms with van der Waals surface area (Å²) in [4.78, 5) is 11.3. The molecule has 0 amide bonds. The smallest absolute Gasteiger partial charge is 0.135 e. The molecule has 4 nitrogen and oxygen atoms in total. The molecule has 0 aromatic carbocycles. The first kappa shape index (κ1) is 14.5. The molecule has 1 N–H and O–H groups in total. The second kappa shape index (κ2) is 6.53. The van der Waals surface area contributed by atoms with Crippen LogP contribution in [0.1, 0.15) is 45.4 Å². The Hall–Kier alpha value is -0.870. The number of piperidine rings is 1. The van der Waals surface area contributed by atoms with Crippen molar-refractivity contribution in [1.29, 1.82) is 0 Å². The first-order chi connectivity index (χ1) is 9.08. The van der Waals surface area contributed by atoms with Crippen molar-refractivity contribution >= 4 is 17.4 Å². The van der Waals surface area contributed by atoms with Gasteiger partial charge >= 0.3 is 0 Å². The predicted molar refractivity (Wildman–Crippen MR) is 79.9 cm³/mol. The van der Waals surface area contributed by atoms with E-state index in [0.29, 0.717) is 17.1 Å². The Balaban J connectivity index is 1.99. The molecule has 0 atom stereocenters. The van der Waals surface area contributed by atoms with Crippen molar-refractivity contribution in [2.75, 3.05) is 25.0 Å². The molecule has 19 heavy (non-hydrogen) atoms. The van der Waals surface area contributed by atoms with Crippen LogP contribution in [0.25, 0.3) is 0 Å². The first-order valence-corrected chi connectivity index (χ1v) is 7.49. The van der Waals surface area contributed by atoms with Crippen LogP contribution in [0.5, 0.6) is 0 Å². The average Bonchev–Trinajstić information content (AvgIpc) is 2.39. The lowest BCUT2D eigenvalue weighted by Gasteiger charge is -2.31. The molecule has 0 bridgehead atoms. The van der Waals surface area contributed by atoms with Gasteiger partial charge in [-0.05, 0) is 19.4 Å². The third kappa shape index (κ3) is 4.05. The standard InChI is InChI=1S/C14H23ClN4/c1-4-19-7-5-11(6-8-19)16-13-9-12(15)17-14(18-13)10(2)3/h9-11H,4-8H2,1-3H3,(H,16,17,18). The Morgan fingerprint density at radius 3 is 2.63 bits per heavy atom. The summed E-state index contributed by atoms with van der Waals surface area (Å²) in [5.74, 6) is 1.96. The summed E-state index contributed by atoms with van der Waals surface area (Å²) in [5.41, 5.74) is 0. The van der Waals surface area contributed by atoms with Gasteiger partial charge in [-0.2, -0.15) is 0 Å². The Bertz CT molecular complexity index is 414. The minimum Gasteiger partial charge on any atom is -0.367 e. The molecule has 0 spiro atoms. The SMILES string of the molecule is CCN1CCC(Nc2cc(Cl)nc(C(C)C)n2)CC1. The van der Waals surface area contributed by atoms with E-state index in [1.165, 1.54) is 0 Å². The van der Waals surface area contributed by atoms with Crippen molar-refractivity contribution in [1.82, 2.24) is 14.9 Å². The van der Waals surface area contributed by atoms with Crippen molar-refractivity contribution in [2.24, 2.45) is 0 Å². The van der Waals surface area contributed by atoms with Gasteiger partial charge in [0.05, 0.1) is 0 Å². The lowest BCUT2D eigenvalue weighted by Crippen LogP contribution is -2.39. The van der Waals surface area contributed by atoms with Crippen LogP contribution < -0.4 is 5.32 Å². The summed E-state index contributed by atoms with van der Waals surface area (Å²) in [6, 6.07) is 2.31. The minimum absolute atomic E-state index is 0.293. The predicted octanol–water partition coefficient (Wildman–Crippen LogP) is 3.15. The number of likely N-dealkylation sites (tertiary alicyclic amines) is 1. The molecule has 1 aromatic heterocycles. The Labute approximate surface area is 120 Å². The van der Waals surface area contributed by atoms with Crippen LogP contribution in [0.3, 0.4) is 0 Å². The van der Waals surface area contributed by atoms with Crippen molar-refractivity contribution in [3.63, 3.8) is 0 Å². The van der Waals surface area contributed by atoms with E-state index in [-0.39, 0.29) is 0 Å². The molecule has 1 saturated heterocycles. The van der Waals surface area contributed by atoms with E-state index in [2.05, 4.69) is 41.0 Å². The van der Waals surface area contributed by atoms with Gasteiger partial charge in [0.2, 0.25) is 0 Å². The summed E-state index contributed by atoms with van der Waals surface area (Å²) >= 11 is 6.06. The molecular formula is C14H23ClN4. The van der Waals surface area contributed by atoms with Crippen molar-refractivity contribution in [3.8, 4) is 0 Å². The van der Waals surface area contributed by atoms with Gasteiger partial charge in [0.15, 0.2) is 0 Å². The second-order valence-electron chi connectivity index (χ2n) is 5.44. The zero-order valence-corrected chi connectivity index (χ0v) is 12.7. The van der Waals surface area contributed by atoms with Gasteiger partial charge in [-0.1, -0.05) is 32.4 Å². The quantitative estimate of drug-likeness (QED) is 0.862. The maximum atomic E-state index is 6.06. The molecule has 1 aliphatic rings. The number of halogens is 1. The van der Waals surface area contributed by atoms with Crippen LogP contribution in [0, 0.1) is 0 Å². The van der Waals surface area contributed by atoms with E-state index in [1.807, 2.05) is 6.07 Å². The molecule has 0 radical (unpaired) electrons. The van der Waals surface area contributed by atoms with Gasteiger partial charge in [0.1, 0.15) is 16.8 Å². The van der Waals surface area contributed by atoms with Gasteiger partial charge in [-0.3, -0.25) is 0 Å². The molecule has 0 unspecified atom stereocenters. The monoisotopic (exact) mass is 282 g/mol. The van der Waals surface area contributed by atoms with Crippen LogP contribution in [0.4, 0.5) is 5.82 Å². The maximum absolute atomic E-state index is 6.06. The van der Waals surface area contributed by atoms with E-state index in [1.54, 1.807) is 0 Å². The summed E-state index contributed by atoms with van der Waals surface area (Å²) in [6.45, 7) is 9.83. The highest BCUT2D eigenvalue weighted by molar-refractivity contribution is 6.29. The largest absolute Gasteiger partial charge is 0.367 e. The number of anilines is 1. The Morgan fingerprint density at radius 1 is 1.37 bits per heavy atom. The topological polar surface area (TPSA) is 41.0 Å². The zero-order valence-electron chi connectivity index (χ0n) is 12.0. The van der Waals surface area contributed by atoms with Gasteiger partial charge in [0.25, 0.3) is 0 Å². The van der Waals surface area contributed by atoms with Gasteiger partial charge in [-0.25, -0.2) is 9.97 Å². The highest BCUT2D eigenvalue weighted by Crippen LogP contribution is 2.20. The summed E-state index contributed by atoms with van der Waals surface area (Å²) < 4.78 is 0. The molecule has 2 heterocycles. The van der Waals surface area contributed by atoms with Crippen molar-refractivity contribution < 1.29 is 0 Å². The summed E-state index contributed by atoms with van der Waals surface area (Å²) in [6.07, 6.45) is 2.32. The van der Waals surface area contributed by atoms with E-state index in [4.69, 9.17) is 11.6 Å². The third-order valence-electron chi connectivity index (χ3n) is 3.62. The molecule has 106 valence electrons. The number of hydrogen-bond donors (Lipinski definition) is 1. The van der Waals surface area contributed by atoms with E-state index < -0.39 is 0 Å². The Kier molecular flexibility index (Phi) is 4.99. The van der Waals surface area contributed by atoms with Crippen LogP contribution in [-0.4, -0.2) is 40.5 Å². The van der Waals surface area contributed by atoms with E-state index in [9.17, 15) is 0 Å². The first-order valence-electron chi connectivity index (χ1n) is 7.12. The fraction of sp³-hybridized carbons (Fsp3) is 0.714. The maximum Gasteiger partial charge on any atom is 0.135 e. The number of nitrogens with zero attached hydrogens (tertiary/aromatic N) is 3. The fourth-order valence-corrected chi connectivity index (χ4v) is 2.56. The number of nitrogens with one attached hydrogen (secondary N) is 1. The number of hydrogen-bond acceptors (Lipinski definition) is 4. The molecule has 5 heteroatoms. The van der Waals surface area contributed by atoms with Crippen LogP contribution in [0.2, 0.25) is 5.15 Å². The summed E-state index contributed by atoms with van der Waals surface area (Å²) in [7, 11) is 0. The normalized spacial score (nSPS) is 17.9. The van der Waals surface area contributed by atoms with E-state index in [0.717, 1.165) is 44.1 Å². The van der Waals surface area contributed by atoms with Gasteiger partial charge in [-0.15, -0.1) is 0 Å². The van der Waals surface area contributed by atoms with Crippen molar-refractivity contribution in [2.45, 2.75) is 45.6 Å². The molecule has 1 aromatic rings. The zero-order chi connectivity index (χ0) is 13.8. The molecule has 2 rings (SSSR count). The molecule has 0 aliphatic carbocycles. The molecule has 1 fully saturated rings. The number of rotatable bonds is 4. The molecule has 1 aliphatic heterocycles. The van der Waals surface area contributed by atoms with Crippen molar-refractivity contribution in [3.05, 3.63) is 17.0 Å². The lowest BCUT2D eigenvalue weighted by molar-refractivity contribution is 0.229. The second-order valence-corrected chi connectivity index (χ2v) is 5.83. The minimum atomic E-state index is 0.293. The highest BCUT2D eigenvalue weighted by atomic mass is 35.5. The average molecular weight is 283 g/mol. The van der Waals surface area contributed by atoms with Gasteiger partial charge in [0, 0.05) is 31.1 Å². The summed E-state index contributed by atoms with van der Waals surface area (Å²) in [5, 5.41) is 4.02. The Morgan fingerprint density at radius 2 is 2.05 bits per heavy atom. The lowest BCUT2D eigenvalue weighted by atomic mass is 10.1. The highest BCUT2D eigenvalue weighted by Gasteiger charge is 2.18. The van der Waals surface area contributed by atoms with E-state index >= 15 is 0 Å². The van der Waals surface area contributed by atoms with Crippen LogP contribution in [0.15, 0.2) is 6.07 Å². The van der Waals surface area contributed by atoms with Crippen LogP contribution >= 0.6 is 11.6 Å². The molecule has 0 saturated carbocycles. The fourth-order valence-electron chi connectivity index (χ4n) is 2.37. The third-order valence-corrected chi connectivity index (χ3v) is 3.81.